The van der Waals surface area contributed by atoms with E-state index >= 15 is 0 Å². The highest BCUT2D eigenvalue weighted by atomic mass is 16.5. The standard InChI is InChI=1S/C23H28N4O2/c1-2-3-16-29-17-10-15-24-22(28)18-21-23(19-11-6-4-7-12-19)27(26-25-21)20-13-8-5-9-14-20/h4-9,11-14H,2-3,10,15-18H2,1H3,(H,24,28). The van der Waals surface area contributed by atoms with Gasteiger partial charge in [0.2, 0.25) is 5.91 Å². The molecule has 0 spiro atoms. The summed E-state index contributed by atoms with van der Waals surface area (Å²) in [5.41, 5.74) is 3.40. The van der Waals surface area contributed by atoms with Gasteiger partial charge in [-0.05, 0) is 25.0 Å². The van der Waals surface area contributed by atoms with Crippen LogP contribution in [0, 0.1) is 0 Å². The van der Waals surface area contributed by atoms with E-state index in [0.717, 1.165) is 42.8 Å². The van der Waals surface area contributed by atoms with E-state index < -0.39 is 0 Å². The van der Waals surface area contributed by atoms with Crippen LogP contribution in [-0.4, -0.2) is 40.7 Å². The Morgan fingerprint density at radius 2 is 1.69 bits per heavy atom. The van der Waals surface area contributed by atoms with Crippen molar-refractivity contribution in [2.75, 3.05) is 19.8 Å². The van der Waals surface area contributed by atoms with Crippen LogP contribution in [0.4, 0.5) is 0 Å². The Labute approximate surface area is 171 Å². The molecule has 29 heavy (non-hydrogen) atoms. The Bertz CT molecular complexity index is 878. The van der Waals surface area contributed by atoms with Gasteiger partial charge in [-0.3, -0.25) is 4.79 Å². The lowest BCUT2D eigenvalue weighted by atomic mass is 10.1. The maximum atomic E-state index is 12.4. The minimum absolute atomic E-state index is 0.0594. The van der Waals surface area contributed by atoms with Crippen molar-refractivity contribution in [2.24, 2.45) is 0 Å². The number of carbonyl (C=O) groups excluding carboxylic acids is 1. The second kappa shape index (κ2) is 11.1. The van der Waals surface area contributed by atoms with Gasteiger partial charge in [0.05, 0.1) is 17.8 Å². The molecule has 0 aliphatic carbocycles. The smallest absolute Gasteiger partial charge is 0.226 e. The SMILES string of the molecule is CCCCOCCCNC(=O)Cc1nnn(-c2ccccc2)c1-c1ccccc1. The number of amides is 1. The zero-order valence-corrected chi connectivity index (χ0v) is 16.9. The van der Waals surface area contributed by atoms with E-state index in [1.54, 1.807) is 4.68 Å². The van der Waals surface area contributed by atoms with Crippen LogP contribution in [0.5, 0.6) is 0 Å². The topological polar surface area (TPSA) is 69.0 Å². The Hall–Kier alpha value is -2.99. The lowest BCUT2D eigenvalue weighted by Crippen LogP contribution is -2.27. The summed E-state index contributed by atoms with van der Waals surface area (Å²) < 4.78 is 7.32. The lowest BCUT2D eigenvalue weighted by Gasteiger charge is -2.09. The molecular formula is C23H28N4O2. The van der Waals surface area contributed by atoms with Crippen LogP contribution in [-0.2, 0) is 16.0 Å². The van der Waals surface area contributed by atoms with Crippen LogP contribution in [0.2, 0.25) is 0 Å². The average molecular weight is 393 g/mol. The molecule has 0 radical (unpaired) electrons. The van der Waals surface area contributed by atoms with Gasteiger partial charge in [0.25, 0.3) is 0 Å². The molecule has 0 saturated carbocycles. The van der Waals surface area contributed by atoms with Crippen LogP contribution in [0.3, 0.4) is 0 Å². The summed E-state index contributed by atoms with van der Waals surface area (Å²) in [6, 6.07) is 19.8. The third kappa shape index (κ3) is 5.99. The molecule has 0 unspecified atom stereocenters. The third-order valence-electron chi connectivity index (χ3n) is 4.55. The molecule has 1 N–H and O–H groups in total. The normalized spacial score (nSPS) is 10.8. The zero-order valence-electron chi connectivity index (χ0n) is 16.9. The van der Waals surface area contributed by atoms with Gasteiger partial charge in [-0.15, -0.1) is 5.10 Å². The number of benzene rings is 2. The molecule has 1 amide bonds. The second-order valence-electron chi connectivity index (χ2n) is 6.84. The average Bonchev–Trinajstić information content (AvgIpc) is 3.17. The van der Waals surface area contributed by atoms with Gasteiger partial charge < -0.3 is 10.1 Å². The highest BCUT2D eigenvalue weighted by molar-refractivity contribution is 5.80. The van der Waals surface area contributed by atoms with Crippen molar-refractivity contribution < 1.29 is 9.53 Å². The fourth-order valence-electron chi connectivity index (χ4n) is 3.03. The number of carbonyl (C=O) groups is 1. The van der Waals surface area contributed by atoms with E-state index in [9.17, 15) is 4.79 Å². The monoisotopic (exact) mass is 392 g/mol. The number of nitrogens with one attached hydrogen (secondary N) is 1. The first-order valence-corrected chi connectivity index (χ1v) is 10.2. The summed E-state index contributed by atoms with van der Waals surface area (Å²) in [6.45, 7) is 4.19. The molecule has 0 fully saturated rings. The Kier molecular flexibility index (Phi) is 7.95. The van der Waals surface area contributed by atoms with Crippen molar-refractivity contribution in [3.05, 3.63) is 66.4 Å². The predicted octanol–water partition coefficient (Wildman–Crippen LogP) is 3.80. The number of unbranched alkanes of at least 4 members (excludes halogenated alkanes) is 1. The molecule has 3 rings (SSSR count). The highest BCUT2D eigenvalue weighted by Gasteiger charge is 2.18. The molecule has 0 aliphatic heterocycles. The summed E-state index contributed by atoms with van der Waals surface area (Å²) in [6.07, 6.45) is 3.20. The first-order valence-electron chi connectivity index (χ1n) is 10.2. The molecule has 1 aromatic heterocycles. The number of ether oxygens (including phenoxy) is 1. The molecule has 0 bridgehead atoms. The van der Waals surface area contributed by atoms with E-state index in [4.69, 9.17) is 4.74 Å². The van der Waals surface area contributed by atoms with Crippen molar-refractivity contribution in [3.63, 3.8) is 0 Å². The second-order valence-corrected chi connectivity index (χ2v) is 6.84. The molecule has 3 aromatic rings. The molecule has 152 valence electrons. The van der Waals surface area contributed by atoms with E-state index in [0.29, 0.717) is 18.8 Å². The van der Waals surface area contributed by atoms with Crippen LogP contribution >= 0.6 is 0 Å². The first-order chi connectivity index (χ1) is 14.3. The first kappa shape index (κ1) is 20.7. The number of rotatable bonds is 11. The Balaban J connectivity index is 1.66. The van der Waals surface area contributed by atoms with Crippen LogP contribution in [0.1, 0.15) is 31.9 Å². The van der Waals surface area contributed by atoms with Gasteiger partial charge in [-0.2, -0.15) is 0 Å². The minimum Gasteiger partial charge on any atom is -0.381 e. The third-order valence-corrected chi connectivity index (χ3v) is 4.55. The summed E-state index contributed by atoms with van der Waals surface area (Å²) in [5.74, 6) is -0.0594. The number of aromatic nitrogens is 3. The molecule has 1 heterocycles. The minimum atomic E-state index is -0.0594. The van der Waals surface area contributed by atoms with Gasteiger partial charge in [-0.1, -0.05) is 67.1 Å². The van der Waals surface area contributed by atoms with E-state index in [2.05, 4.69) is 22.6 Å². The molecule has 6 heteroatoms. The van der Waals surface area contributed by atoms with Crippen molar-refractivity contribution in [1.29, 1.82) is 0 Å². The highest BCUT2D eigenvalue weighted by Crippen LogP contribution is 2.25. The molecule has 2 aromatic carbocycles. The molecule has 0 aliphatic rings. The van der Waals surface area contributed by atoms with Crippen molar-refractivity contribution >= 4 is 5.91 Å². The number of nitrogens with zero attached hydrogens (tertiary/aromatic N) is 3. The van der Waals surface area contributed by atoms with E-state index in [1.165, 1.54) is 0 Å². The molecule has 0 atom stereocenters. The van der Waals surface area contributed by atoms with Gasteiger partial charge in [0, 0.05) is 25.3 Å². The Morgan fingerprint density at radius 3 is 2.41 bits per heavy atom. The van der Waals surface area contributed by atoms with Gasteiger partial charge in [0.15, 0.2) is 0 Å². The summed E-state index contributed by atoms with van der Waals surface area (Å²) >= 11 is 0. The van der Waals surface area contributed by atoms with Gasteiger partial charge >= 0.3 is 0 Å². The van der Waals surface area contributed by atoms with E-state index in [-0.39, 0.29) is 12.3 Å². The van der Waals surface area contributed by atoms with Gasteiger partial charge in [-0.25, -0.2) is 4.68 Å². The number of hydrogen-bond donors (Lipinski definition) is 1. The predicted molar refractivity (Wildman–Crippen MR) is 114 cm³/mol. The largest absolute Gasteiger partial charge is 0.381 e. The Morgan fingerprint density at radius 1 is 1.00 bits per heavy atom. The maximum Gasteiger partial charge on any atom is 0.226 e. The summed E-state index contributed by atoms with van der Waals surface area (Å²) in [7, 11) is 0. The molecule has 0 saturated heterocycles. The van der Waals surface area contributed by atoms with Crippen LogP contribution in [0.25, 0.3) is 16.9 Å². The van der Waals surface area contributed by atoms with Crippen molar-refractivity contribution in [3.8, 4) is 16.9 Å². The van der Waals surface area contributed by atoms with Crippen molar-refractivity contribution in [1.82, 2.24) is 20.3 Å². The zero-order chi connectivity index (χ0) is 20.3. The number of hydrogen-bond acceptors (Lipinski definition) is 4. The number of para-hydroxylation sites is 1. The quantitative estimate of drug-likeness (QED) is 0.504. The van der Waals surface area contributed by atoms with E-state index in [1.807, 2.05) is 60.7 Å². The van der Waals surface area contributed by atoms with Crippen LogP contribution in [0.15, 0.2) is 60.7 Å². The molecular weight excluding hydrogens is 364 g/mol. The van der Waals surface area contributed by atoms with Gasteiger partial charge in [0.1, 0.15) is 5.69 Å². The summed E-state index contributed by atoms with van der Waals surface area (Å²) in [4.78, 5) is 12.4. The fraction of sp³-hybridized carbons (Fsp3) is 0.348. The van der Waals surface area contributed by atoms with Crippen molar-refractivity contribution in [2.45, 2.75) is 32.6 Å². The molecule has 6 nitrogen and oxygen atoms in total. The maximum absolute atomic E-state index is 12.4. The summed E-state index contributed by atoms with van der Waals surface area (Å²) in [5, 5.41) is 11.6. The van der Waals surface area contributed by atoms with Crippen LogP contribution < -0.4 is 5.32 Å². The fourth-order valence-corrected chi connectivity index (χ4v) is 3.03. The lowest BCUT2D eigenvalue weighted by molar-refractivity contribution is -0.120.